The van der Waals surface area contributed by atoms with Gasteiger partial charge in [0.2, 0.25) is 5.91 Å². The molecule has 1 aromatic carbocycles. The van der Waals surface area contributed by atoms with Gasteiger partial charge < -0.3 is 9.88 Å². The second-order valence-corrected chi connectivity index (χ2v) is 8.39. The van der Waals surface area contributed by atoms with Crippen LogP contribution in [0.4, 0.5) is 5.69 Å². The fourth-order valence-electron chi connectivity index (χ4n) is 3.33. The highest BCUT2D eigenvalue weighted by Gasteiger charge is 2.22. The molecular formula is C21H33N5OS. The van der Waals surface area contributed by atoms with Crippen LogP contribution in [0.2, 0.25) is 0 Å². The van der Waals surface area contributed by atoms with Gasteiger partial charge in [-0.05, 0) is 64.0 Å². The highest BCUT2D eigenvalue weighted by Crippen LogP contribution is 2.26. The molecule has 7 heteroatoms. The number of hydrogen-bond donors (Lipinski definition) is 1. The van der Waals surface area contributed by atoms with Crippen molar-refractivity contribution in [1.82, 2.24) is 19.7 Å². The van der Waals surface area contributed by atoms with Gasteiger partial charge in [0, 0.05) is 12.2 Å². The van der Waals surface area contributed by atoms with Crippen LogP contribution in [0, 0.1) is 13.8 Å². The van der Waals surface area contributed by atoms with Crippen molar-refractivity contribution in [2.45, 2.75) is 64.7 Å². The molecule has 0 fully saturated rings. The number of thioether (sulfide) groups is 1. The molecule has 1 N–H and O–H groups in total. The molecule has 0 saturated heterocycles. The normalized spacial score (nSPS) is 12.4. The van der Waals surface area contributed by atoms with Gasteiger partial charge in [0.05, 0.1) is 11.8 Å². The Labute approximate surface area is 173 Å². The zero-order valence-corrected chi connectivity index (χ0v) is 18.8. The third-order valence-corrected chi connectivity index (χ3v) is 5.59. The summed E-state index contributed by atoms with van der Waals surface area (Å²) in [7, 11) is 4.13. The molecule has 154 valence electrons. The topological polar surface area (TPSA) is 63.1 Å². The van der Waals surface area contributed by atoms with Crippen LogP contribution in [-0.4, -0.2) is 45.4 Å². The minimum absolute atomic E-state index is 0.0266. The first kappa shape index (κ1) is 22.4. The van der Waals surface area contributed by atoms with Crippen molar-refractivity contribution in [2.75, 3.05) is 25.2 Å². The molecule has 0 radical (unpaired) electrons. The molecule has 1 amide bonds. The summed E-state index contributed by atoms with van der Waals surface area (Å²) in [6, 6.07) is 6.29. The summed E-state index contributed by atoms with van der Waals surface area (Å²) in [6.07, 6.45) is 3.14. The molecule has 28 heavy (non-hydrogen) atoms. The number of unbranched alkanes of at least 4 members (excludes halogenated alkanes) is 1. The number of benzene rings is 1. The summed E-state index contributed by atoms with van der Waals surface area (Å²) < 4.78 is 2.19. The Balaban J connectivity index is 2.09. The van der Waals surface area contributed by atoms with Crippen LogP contribution in [0.15, 0.2) is 23.4 Å². The SMILES string of the molecule is CCCCn1c(SCC(=O)Nc2cc(C)cc(C)c2)nnc1[C@H](CC)N(C)C. The number of carbonyl (C=O) groups excluding carboxylic acids is 1. The highest BCUT2D eigenvalue weighted by atomic mass is 32.2. The van der Waals surface area contributed by atoms with Gasteiger partial charge in [0.15, 0.2) is 11.0 Å². The van der Waals surface area contributed by atoms with E-state index in [4.69, 9.17) is 0 Å². The van der Waals surface area contributed by atoms with Gasteiger partial charge in [-0.25, -0.2) is 0 Å². The number of nitrogens with zero attached hydrogens (tertiary/aromatic N) is 4. The molecule has 6 nitrogen and oxygen atoms in total. The van der Waals surface area contributed by atoms with E-state index in [0.29, 0.717) is 5.75 Å². The van der Waals surface area contributed by atoms with Crippen molar-refractivity contribution in [3.63, 3.8) is 0 Å². The maximum atomic E-state index is 12.4. The first-order chi connectivity index (χ1) is 13.3. The van der Waals surface area contributed by atoms with Gasteiger partial charge in [-0.15, -0.1) is 10.2 Å². The van der Waals surface area contributed by atoms with Crippen LogP contribution in [0.5, 0.6) is 0 Å². The second-order valence-electron chi connectivity index (χ2n) is 7.45. The molecule has 0 spiro atoms. The smallest absolute Gasteiger partial charge is 0.234 e. The Morgan fingerprint density at radius 3 is 2.43 bits per heavy atom. The van der Waals surface area contributed by atoms with Gasteiger partial charge in [0.25, 0.3) is 0 Å². The Kier molecular flexibility index (Phi) is 8.51. The van der Waals surface area contributed by atoms with Crippen molar-refractivity contribution >= 4 is 23.4 Å². The first-order valence-electron chi connectivity index (χ1n) is 9.96. The molecule has 0 unspecified atom stereocenters. The van der Waals surface area contributed by atoms with E-state index in [2.05, 4.69) is 59.0 Å². The Bertz CT molecular complexity index is 767. The number of amides is 1. The van der Waals surface area contributed by atoms with Crippen molar-refractivity contribution in [3.05, 3.63) is 35.2 Å². The zero-order valence-electron chi connectivity index (χ0n) is 18.0. The first-order valence-corrected chi connectivity index (χ1v) is 10.9. The van der Waals surface area contributed by atoms with Crippen LogP contribution in [0.1, 0.15) is 56.1 Å². The summed E-state index contributed by atoms with van der Waals surface area (Å²) in [6.45, 7) is 9.28. The maximum absolute atomic E-state index is 12.4. The van der Waals surface area contributed by atoms with Crippen molar-refractivity contribution in [3.8, 4) is 0 Å². The van der Waals surface area contributed by atoms with E-state index in [1.165, 1.54) is 11.8 Å². The monoisotopic (exact) mass is 403 g/mol. The number of rotatable bonds is 10. The molecular weight excluding hydrogens is 370 g/mol. The third kappa shape index (κ3) is 6.07. The van der Waals surface area contributed by atoms with E-state index in [0.717, 1.165) is 53.6 Å². The standard InChI is InChI=1S/C21H33N5OS/c1-7-9-10-26-20(18(8-2)25(5)6)23-24-21(26)28-14-19(27)22-17-12-15(3)11-16(4)13-17/h11-13,18H,7-10,14H2,1-6H3,(H,22,27)/t18-/m0/s1. The number of nitrogens with one attached hydrogen (secondary N) is 1. The molecule has 2 aromatic rings. The van der Waals surface area contributed by atoms with E-state index >= 15 is 0 Å². The van der Waals surface area contributed by atoms with Crippen LogP contribution >= 0.6 is 11.8 Å². The molecule has 1 aromatic heterocycles. The number of anilines is 1. The van der Waals surface area contributed by atoms with Crippen molar-refractivity contribution in [2.24, 2.45) is 0 Å². The summed E-state index contributed by atoms with van der Waals surface area (Å²) in [5.41, 5.74) is 3.12. The van der Waals surface area contributed by atoms with E-state index in [1.807, 2.05) is 26.0 Å². The Hall–Kier alpha value is -1.86. The van der Waals surface area contributed by atoms with E-state index in [9.17, 15) is 4.79 Å². The van der Waals surface area contributed by atoms with Crippen LogP contribution < -0.4 is 5.32 Å². The Morgan fingerprint density at radius 1 is 1.18 bits per heavy atom. The van der Waals surface area contributed by atoms with Gasteiger partial charge in [-0.3, -0.25) is 9.69 Å². The van der Waals surface area contributed by atoms with Gasteiger partial charge in [0.1, 0.15) is 0 Å². The molecule has 0 aliphatic carbocycles. The summed E-state index contributed by atoms with van der Waals surface area (Å²) in [5.74, 6) is 1.27. The lowest BCUT2D eigenvalue weighted by Crippen LogP contribution is -2.23. The quantitative estimate of drug-likeness (QED) is 0.594. The average Bonchev–Trinajstić information content (AvgIpc) is 3.00. The zero-order chi connectivity index (χ0) is 20.7. The molecule has 0 aliphatic heterocycles. The van der Waals surface area contributed by atoms with Crippen LogP contribution in [0.25, 0.3) is 0 Å². The van der Waals surface area contributed by atoms with Gasteiger partial charge >= 0.3 is 0 Å². The molecule has 0 aliphatic rings. The lowest BCUT2D eigenvalue weighted by molar-refractivity contribution is -0.113. The molecule has 2 rings (SSSR count). The third-order valence-electron chi connectivity index (χ3n) is 4.63. The van der Waals surface area contributed by atoms with E-state index in [1.54, 1.807) is 0 Å². The minimum atomic E-state index is -0.0266. The van der Waals surface area contributed by atoms with Crippen molar-refractivity contribution in [1.29, 1.82) is 0 Å². The molecule has 0 bridgehead atoms. The average molecular weight is 404 g/mol. The molecule has 0 saturated carbocycles. The largest absolute Gasteiger partial charge is 0.325 e. The number of aromatic nitrogens is 3. The van der Waals surface area contributed by atoms with Crippen molar-refractivity contribution < 1.29 is 4.79 Å². The summed E-state index contributed by atoms with van der Waals surface area (Å²) >= 11 is 1.45. The van der Waals surface area contributed by atoms with Crippen LogP contribution in [0.3, 0.4) is 0 Å². The molecule has 1 heterocycles. The maximum Gasteiger partial charge on any atom is 0.234 e. The van der Waals surface area contributed by atoms with E-state index < -0.39 is 0 Å². The predicted octanol–water partition coefficient (Wildman–Crippen LogP) is 4.44. The predicted molar refractivity (Wildman–Crippen MR) is 117 cm³/mol. The molecule has 1 atom stereocenters. The Morgan fingerprint density at radius 2 is 1.86 bits per heavy atom. The van der Waals surface area contributed by atoms with Gasteiger partial charge in [-0.2, -0.15) is 0 Å². The van der Waals surface area contributed by atoms with E-state index in [-0.39, 0.29) is 11.9 Å². The van der Waals surface area contributed by atoms with Gasteiger partial charge in [-0.1, -0.05) is 38.1 Å². The fraction of sp³-hybridized carbons (Fsp3) is 0.571. The highest BCUT2D eigenvalue weighted by molar-refractivity contribution is 7.99. The number of aryl methyl sites for hydroxylation is 2. The second kappa shape index (κ2) is 10.6. The summed E-state index contributed by atoms with van der Waals surface area (Å²) in [5, 5.41) is 12.7. The lowest BCUT2D eigenvalue weighted by Gasteiger charge is -2.23. The lowest BCUT2D eigenvalue weighted by atomic mass is 10.1. The number of carbonyl (C=O) groups is 1. The fourth-order valence-corrected chi connectivity index (χ4v) is 4.10. The number of hydrogen-bond acceptors (Lipinski definition) is 5. The summed E-state index contributed by atoms with van der Waals surface area (Å²) in [4.78, 5) is 14.6. The van der Waals surface area contributed by atoms with Crippen LogP contribution in [-0.2, 0) is 11.3 Å². The minimum Gasteiger partial charge on any atom is -0.325 e.